The molecule has 0 aromatic rings. The van der Waals surface area contributed by atoms with E-state index in [1.807, 2.05) is 0 Å². The van der Waals surface area contributed by atoms with E-state index in [0.717, 1.165) is 23.8 Å². The summed E-state index contributed by atoms with van der Waals surface area (Å²) in [6.45, 7) is 1.34. The Hall–Kier alpha value is -0.0400. The second kappa shape index (κ2) is 6.41. The van der Waals surface area contributed by atoms with Gasteiger partial charge in [0.1, 0.15) is 0 Å². The molecule has 1 N–H and O–H groups in total. The maximum Gasteiger partial charge on any atom is 0.00683 e. The second-order valence-corrected chi connectivity index (χ2v) is 7.23. The normalized spacial score (nSPS) is 28.7. The Bertz CT molecular complexity index is 234. The van der Waals surface area contributed by atoms with Crippen LogP contribution < -0.4 is 5.32 Å². The van der Waals surface area contributed by atoms with Gasteiger partial charge < -0.3 is 5.32 Å². The molecule has 0 radical (unpaired) electrons. The van der Waals surface area contributed by atoms with Gasteiger partial charge in [0.05, 0.1) is 0 Å². The van der Waals surface area contributed by atoms with Crippen molar-refractivity contribution in [3.05, 3.63) is 0 Å². The van der Waals surface area contributed by atoms with E-state index in [9.17, 15) is 0 Å². The van der Waals surface area contributed by atoms with Crippen molar-refractivity contribution in [2.75, 3.05) is 6.54 Å². The lowest BCUT2D eigenvalue weighted by molar-refractivity contribution is 0.224. The molecule has 3 rings (SSSR count). The summed E-state index contributed by atoms with van der Waals surface area (Å²) in [5, 5.41) is 3.82. The average molecular weight is 249 g/mol. The molecule has 1 unspecified atom stereocenters. The lowest BCUT2D eigenvalue weighted by Crippen LogP contribution is -2.30. The highest BCUT2D eigenvalue weighted by molar-refractivity contribution is 4.85. The SMILES string of the molecule is C1CCC(CC(CNC2CC2)C2CCCC2)CC1. The van der Waals surface area contributed by atoms with Crippen molar-refractivity contribution in [1.82, 2.24) is 5.32 Å². The number of hydrogen-bond donors (Lipinski definition) is 1. The van der Waals surface area contributed by atoms with Crippen LogP contribution in [-0.2, 0) is 0 Å². The predicted molar refractivity (Wildman–Crippen MR) is 77.7 cm³/mol. The van der Waals surface area contributed by atoms with E-state index in [-0.39, 0.29) is 0 Å². The summed E-state index contributed by atoms with van der Waals surface area (Å²) in [6.07, 6.45) is 18.1. The molecular weight excluding hydrogens is 218 g/mol. The van der Waals surface area contributed by atoms with E-state index in [1.165, 1.54) is 77.2 Å². The van der Waals surface area contributed by atoms with Crippen molar-refractivity contribution in [1.29, 1.82) is 0 Å². The van der Waals surface area contributed by atoms with E-state index >= 15 is 0 Å². The van der Waals surface area contributed by atoms with E-state index in [0.29, 0.717) is 0 Å². The summed E-state index contributed by atoms with van der Waals surface area (Å²) < 4.78 is 0. The average Bonchev–Trinajstić information content (AvgIpc) is 3.08. The van der Waals surface area contributed by atoms with Crippen molar-refractivity contribution in [3.8, 4) is 0 Å². The fourth-order valence-corrected chi connectivity index (χ4v) is 4.33. The van der Waals surface area contributed by atoms with Gasteiger partial charge in [0.15, 0.2) is 0 Å². The number of nitrogens with one attached hydrogen (secondary N) is 1. The molecule has 3 fully saturated rings. The lowest BCUT2D eigenvalue weighted by atomic mass is 9.78. The number of rotatable bonds is 6. The summed E-state index contributed by atoms with van der Waals surface area (Å²) in [5.74, 6) is 3.15. The molecule has 0 aromatic heterocycles. The Morgan fingerprint density at radius 2 is 1.44 bits per heavy atom. The van der Waals surface area contributed by atoms with Gasteiger partial charge in [-0.2, -0.15) is 0 Å². The molecule has 0 aliphatic heterocycles. The maximum absolute atomic E-state index is 3.82. The fourth-order valence-electron chi connectivity index (χ4n) is 4.33. The van der Waals surface area contributed by atoms with Crippen molar-refractivity contribution < 1.29 is 0 Å². The van der Waals surface area contributed by atoms with Gasteiger partial charge in [-0.25, -0.2) is 0 Å². The molecule has 3 saturated carbocycles. The summed E-state index contributed by atoms with van der Waals surface area (Å²) in [6, 6.07) is 0.903. The Labute approximate surface area is 113 Å². The highest BCUT2D eigenvalue weighted by Gasteiger charge is 2.30. The highest BCUT2D eigenvalue weighted by atomic mass is 14.9. The van der Waals surface area contributed by atoms with Gasteiger partial charge >= 0.3 is 0 Å². The number of hydrogen-bond acceptors (Lipinski definition) is 1. The Morgan fingerprint density at radius 1 is 0.778 bits per heavy atom. The lowest BCUT2D eigenvalue weighted by Gasteiger charge is -2.30. The van der Waals surface area contributed by atoms with Crippen LogP contribution in [0.1, 0.15) is 77.0 Å². The molecule has 1 nitrogen and oxygen atoms in total. The predicted octanol–water partition coefficient (Wildman–Crippen LogP) is 4.52. The highest BCUT2D eigenvalue weighted by Crippen LogP contribution is 2.38. The molecule has 0 saturated heterocycles. The zero-order valence-electron chi connectivity index (χ0n) is 12.0. The van der Waals surface area contributed by atoms with Gasteiger partial charge in [-0.15, -0.1) is 0 Å². The molecular formula is C17H31N. The summed E-state index contributed by atoms with van der Waals surface area (Å²) in [7, 11) is 0. The monoisotopic (exact) mass is 249 g/mol. The van der Waals surface area contributed by atoms with Gasteiger partial charge in [0.2, 0.25) is 0 Å². The molecule has 0 aromatic carbocycles. The largest absolute Gasteiger partial charge is 0.314 e. The molecule has 0 spiro atoms. The van der Waals surface area contributed by atoms with Gasteiger partial charge in [-0.1, -0.05) is 57.8 Å². The van der Waals surface area contributed by atoms with Crippen molar-refractivity contribution in [2.45, 2.75) is 83.1 Å². The third-order valence-electron chi connectivity index (χ3n) is 5.67. The van der Waals surface area contributed by atoms with Crippen LogP contribution in [-0.4, -0.2) is 12.6 Å². The molecule has 3 aliphatic rings. The minimum Gasteiger partial charge on any atom is -0.314 e. The van der Waals surface area contributed by atoms with Crippen LogP contribution in [0.15, 0.2) is 0 Å². The summed E-state index contributed by atoms with van der Waals surface area (Å²) in [5.41, 5.74) is 0. The molecule has 0 heterocycles. The molecule has 3 aliphatic carbocycles. The van der Waals surface area contributed by atoms with Crippen molar-refractivity contribution >= 4 is 0 Å². The molecule has 104 valence electrons. The van der Waals surface area contributed by atoms with Gasteiger partial charge in [-0.05, 0) is 43.6 Å². The second-order valence-electron chi connectivity index (χ2n) is 7.23. The van der Waals surface area contributed by atoms with Crippen molar-refractivity contribution in [2.24, 2.45) is 17.8 Å². The van der Waals surface area contributed by atoms with Crippen LogP contribution in [0.3, 0.4) is 0 Å². The Balaban J connectivity index is 1.49. The summed E-state index contributed by atoms with van der Waals surface area (Å²) >= 11 is 0. The molecule has 0 bridgehead atoms. The quantitative estimate of drug-likeness (QED) is 0.730. The van der Waals surface area contributed by atoms with Crippen molar-refractivity contribution in [3.63, 3.8) is 0 Å². The Morgan fingerprint density at radius 3 is 2.11 bits per heavy atom. The minimum atomic E-state index is 0.903. The van der Waals surface area contributed by atoms with E-state index < -0.39 is 0 Å². The van der Waals surface area contributed by atoms with Crippen LogP contribution in [0.2, 0.25) is 0 Å². The van der Waals surface area contributed by atoms with Gasteiger partial charge in [-0.3, -0.25) is 0 Å². The molecule has 1 atom stereocenters. The first kappa shape index (κ1) is 13.0. The molecule has 0 amide bonds. The fraction of sp³-hybridized carbons (Fsp3) is 1.00. The maximum atomic E-state index is 3.82. The zero-order valence-corrected chi connectivity index (χ0v) is 12.0. The Kier molecular flexibility index (Phi) is 4.62. The first-order valence-electron chi connectivity index (χ1n) is 8.65. The minimum absolute atomic E-state index is 0.903. The van der Waals surface area contributed by atoms with E-state index in [1.54, 1.807) is 6.42 Å². The molecule has 18 heavy (non-hydrogen) atoms. The third-order valence-corrected chi connectivity index (χ3v) is 5.67. The van der Waals surface area contributed by atoms with Crippen LogP contribution in [0.25, 0.3) is 0 Å². The van der Waals surface area contributed by atoms with E-state index in [2.05, 4.69) is 5.32 Å². The first-order valence-corrected chi connectivity index (χ1v) is 8.65. The van der Waals surface area contributed by atoms with Gasteiger partial charge in [0, 0.05) is 6.04 Å². The van der Waals surface area contributed by atoms with Gasteiger partial charge in [0.25, 0.3) is 0 Å². The van der Waals surface area contributed by atoms with Crippen LogP contribution in [0.4, 0.5) is 0 Å². The van der Waals surface area contributed by atoms with Crippen LogP contribution >= 0.6 is 0 Å². The standard InChI is InChI=1S/C17H31N/c1-2-6-14(7-3-1)12-16(13-18-17-10-11-17)15-8-4-5-9-15/h14-18H,1-13H2. The smallest absolute Gasteiger partial charge is 0.00683 e. The molecule has 1 heteroatoms. The van der Waals surface area contributed by atoms with Crippen LogP contribution in [0.5, 0.6) is 0 Å². The first-order chi connectivity index (χ1) is 8.92. The van der Waals surface area contributed by atoms with Crippen LogP contribution in [0, 0.1) is 17.8 Å². The third kappa shape index (κ3) is 3.73. The van der Waals surface area contributed by atoms with E-state index in [4.69, 9.17) is 0 Å². The zero-order chi connectivity index (χ0) is 12.2. The summed E-state index contributed by atoms with van der Waals surface area (Å²) in [4.78, 5) is 0. The topological polar surface area (TPSA) is 12.0 Å².